The van der Waals surface area contributed by atoms with Crippen molar-refractivity contribution in [1.29, 1.82) is 0 Å². The maximum atomic E-state index is 12.7. The van der Waals surface area contributed by atoms with E-state index in [1.165, 1.54) is 18.2 Å². The first-order chi connectivity index (χ1) is 15.2. The molecule has 0 unspecified atom stereocenters. The number of sulfonamides is 1. The molecule has 11 heteroatoms. The van der Waals surface area contributed by atoms with Gasteiger partial charge in [0.15, 0.2) is 5.65 Å². The van der Waals surface area contributed by atoms with Gasteiger partial charge in [-0.05, 0) is 43.9 Å². The minimum Gasteiger partial charge on any atom is -0.383 e. The van der Waals surface area contributed by atoms with Gasteiger partial charge >= 0.3 is 0 Å². The van der Waals surface area contributed by atoms with Crippen molar-refractivity contribution in [3.05, 3.63) is 70.5 Å². The number of nitrogens with two attached hydrogens (primary N) is 1. The Labute approximate surface area is 195 Å². The van der Waals surface area contributed by atoms with Gasteiger partial charge in [0.25, 0.3) is 10.0 Å². The molecule has 0 spiro atoms. The number of hydrogen-bond donors (Lipinski definition) is 2. The Morgan fingerprint density at radius 1 is 1.09 bits per heavy atom. The van der Waals surface area contributed by atoms with Gasteiger partial charge in [0.05, 0.1) is 16.2 Å². The van der Waals surface area contributed by atoms with Crippen LogP contribution in [0.1, 0.15) is 5.56 Å². The molecule has 0 bridgehead atoms. The zero-order chi connectivity index (χ0) is 23.0. The number of rotatable bonds is 6. The predicted octanol–water partition coefficient (Wildman–Crippen LogP) is 4.15. The highest BCUT2D eigenvalue weighted by Crippen LogP contribution is 2.31. The van der Waals surface area contributed by atoms with Crippen molar-refractivity contribution in [2.24, 2.45) is 0 Å². The van der Waals surface area contributed by atoms with Gasteiger partial charge in [-0.1, -0.05) is 41.4 Å². The number of fused-ring (bicyclic) bond motifs is 1. The number of nitrogen functional groups attached to an aromatic ring is 1. The number of benzene rings is 2. The highest BCUT2D eigenvalue weighted by molar-refractivity contribution is 7.92. The van der Waals surface area contributed by atoms with E-state index in [0.717, 1.165) is 11.1 Å². The summed E-state index contributed by atoms with van der Waals surface area (Å²) in [5, 5.41) is 4.49. The van der Waals surface area contributed by atoms with E-state index >= 15 is 0 Å². The summed E-state index contributed by atoms with van der Waals surface area (Å²) in [7, 11) is 0.0294. The monoisotopic (exact) mass is 490 g/mol. The number of anilines is 2. The van der Waals surface area contributed by atoms with Crippen LogP contribution in [0.2, 0.25) is 10.0 Å². The third-order valence-corrected chi connectivity index (χ3v) is 7.13. The molecule has 0 fully saturated rings. The molecule has 0 saturated heterocycles. The fourth-order valence-corrected chi connectivity index (χ4v) is 5.11. The normalized spacial score (nSPS) is 11.9. The molecule has 8 nitrogen and oxygen atoms in total. The Bertz CT molecular complexity index is 1400. The van der Waals surface area contributed by atoms with Crippen molar-refractivity contribution in [3.63, 3.8) is 0 Å². The molecule has 3 N–H and O–H groups in total. The number of nitrogens with zero attached hydrogens (tertiary/aromatic N) is 4. The molecular weight excluding hydrogens is 471 g/mol. The van der Waals surface area contributed by atoms with Crippen LogP contribution in [0.15, 0.2) is 59.8 Å². The van der Waals surface area contributed by atoms with Gasteiger partial charge in [0, 0.05) is 29.6 Å². The minimum absolute atomic E-state index is 0.0294. The molecular formula is C21H20Cl2N6O2S. The maximum absolute atomic E-state index is 12.7. The predicted molar refractivity (Wildman–Crippen MR) is 127 cm³/mol. The van der Waals surface area contributed by atoms with E-state index in [-0.39, 0.29) is 14.9 Å². The molecule has 0 atom stereocenters. The van der Waals surface area contributed by atoms with Crippen LogP contribution in [0.25, 0.3) is 16.8 Å². The van der Waals surface area contributed by atoms with Crippen LogP contribution in [-0.4, -0.2) is 42.0 Å². The molecule has 0 aliphatic carbocycles. The third-order valence-electron chi connectivity index (χ3n) is 4.78. The number of aromatic nitrogens is 3. The van der Waals surface area contributed by atoms with Crippen molar-refractivity contribution in [2.45, 2.75) is 11.4 Å². The summed E-state index contributed by atoms with van der Waals surface area (Å²) in [5.41, 5.74) is 9.84. The second kappa shape index (κ2) is 8.59. The molecule has 0 radical (unpaired) electrons. The summed E-state index contributed by atoms with van der Waals surface area (Å²) in [5.74, 6) is 0.444. The number of hydrogen-bond acceptors (Lipinski definition) is 6. The average molecular weight is 491 g/mol. The molecule has 4 rings (SSSR count). The van der Waals surface area contributed by atoms with Crippen LogP contribution >= 0.6 is 23.2 Å². The summed E-state index contributed by atoms with van der Waals surface area (Å²) in [6.45, 7) is 0.695. The van der Waals surface area contributed by atoms with E-state index in [0.29, 0.717) is 29.3 Å². The standard InChI is InChI=1S/C21H20Cl2N6O2S/c1-28(2)12-14-10-26-29-20(24)16(11-25-21(14)29)13-6-8-15(9-7-13)27-32(30,31)18-5-3-4-17(22)19(18)23/h3-11,27H,12,24H2,1-2H3. The lowest BCUT2D eigenvalue weighted by Gasteiger charge is -2.12. The second-order valence-corrected chi connectivity index (χ2v) is 9.87. The van der Waals surface area contributed by atoms with Crippen molar-refractivity contribution in [2.75, 3.05) is 24.6 Å². The van der Waals surface area contributed by atoms with Crippen LogP contribution in [0, 0.1) is 0 Å². The molecule has 2 heterocycles. The minimum atomic E-state index is -3.91. The zero-order valence-electron chi connectivity index (χ0n) is 17.3. The second-order valence-electron chi connectivity index (χ2n) is 7.43. The van der Waals surface area contributed by atoms with Crippen molar-refractivity contribution < 1.29 is 8.42 Å². The molecule has 32 heavy (non-hydrogen) atoms. The van der Waals surface area contributed by atoms with Crippen LogP contribution in [0.5, 0.6) is 0 Å². The molecule has 4 aromatic rings. The quantitative estimate of drug-likeness (QED) is 0.420. The van der Waals surface area contributed by atoms with E-state index in [4.69, 9.17) is 28.9 Å². The molecule has 0 aliphatic heterocycles. The molecule has 0 amide bonds. The third kappa shape index (κ3) is 4.24. The van der Waals surface area contributed by atoms with Crippen molar-refractivity contribution in [1.82, 2.24) is 19.5 Å². The van der Waals surface area contributed by atoms with Crippen LogP contribution in [-0.2, 0) is 16.6 Å². The Kier molecular flexibility index (Phi) is 6.00. The first-order valence-electron chi connectivity index (χ1n) is 9.50. The lowest BCUT2D eigenvalue weighted by Crippen LogP contribution is -2.13. The molecule has 2 aromatic heterocycles. The van der Waals surface area contributed by atoms with E-state index in [2.05, 4.69) is 14.8 Å². The Balaban J connectivity index is 1.62. The first kappa shape index (κ1) is 22.3. The topological polar surface area (TPSA) is 106 Å². The van der Waals surface area contributed by atoms with Gasteiger partial charge in [-0.3, -0.25) is 4.72 Å². The summed E-state index contributed by atoms with van der Waals surface area (Å²) < 4.78 is 29.5. The molecule has 2 aromatic carbocycles. The highest BCUT2D eigenvalue weighted by atomic mass is 35.5. The Morgan fingerprint density at radius 2 is 1.81 bits per heavy atom. The highest BCUT2D eigenvalue weighted by Gasteiger charge is 2.20. The van der Waals surface area contributed by atoms with E-state index < -0.39 is 10.0 Å². The first-order valence-corrected chi connectivity index (χ1v) is 11.7. The fraction of sp³-hybridized carbons (Fsp3) is 0.143. The van der Waals surface area contributed by atoms with E-state index in [1.807, 2.05) is 19.0 Å². The lowest BCUT2D eigenvalue weighted by atomic mass is 10.1. The average Bonchev–Trinajstić information content (AvgIpc) is 3.14. The fourth-order valence-electron chi connectivity index (χ4n) is 3.29. The number of nitrogens with one attached hydrogen (secondary N) is 1. The lowest BCUT2D eigenvalue weighted by molar-refractivity contribution is 0.404. The zero-order valence-corrected chi connectivity index (χ0v) is 19.6. The Morgan fingerprint density at radius 3 is 2.50 bits per heavy atom. The summed E-state index contributed by atoms with van der Waals surface area (Å²) >= 11 is 12.0. The SMILES string of the molecule is CN(C)Cc1cnn2c(N)c(-c3ccc(NS(=O)(=O)c4cccc(Cl)c4Cl)cc3)cnc12. The Hall–Kier alpha value is -2.85. The van der Waals surface area contributed by atoms with Gasteiger partial charge in [0.2, 0.25) is 0 Å². The van der Waals surface area contributed by atoms with Crippen LogP contribution < -0.4 is 10.5 Å². The smallest absolute Gasteiger partial charge is 0.263 e. The molecule has 0 aliphatic rings. The van der Waals surface area contributed by atoms with Crippen molar-refractivity contribution in [3.8, 4) is 11.1 Å². The summed E-state index contributed by atoms with van der Waals surface area (Å²) in [6, 6.07) is 11.2. The van der Waals surface area contributed by atoms with Gasteiger partial charge in [-0.25, -0.2) is 13.4 Å². The summed E-state index contributed by atoms with van der Waals surface area (Å²) in [4.78, 5) is 6.46. The largest absolute Gasteiger partial charge is 0.383 e. The number of halogens is 2. The summed E-state index contributed by atoms with van der Waals surface area (Å²) in [6.07, 6.45) is 3.44. The van der Waals surface area contributed by atoms with Crippen molar-refractivity contribution >= 4 is 50.4 Å². The van der Waals surface area contributed by atoms with Crippen LogP contribution in [0.4, 0.5) is 11.5 Å². The van der Waals surface area contributed by atoms with E-state index in [1.54, 1.807) is 41.2 Å². The van der Waals surface area contributed by atoms with Crippen LogP contribution in [0.3, 0.4) is 0 Å². The maximum Gasteiger partial charge on any atom is 0.263 e. The molecule has 0 saturated carbocycles. The van der Waals surface area contributed by atoms with E-state index in [9.17, 15) is 8.42 Å². The van der Waals surface area contributed by atoms with Gasteiger partial charge < -0.3 is 10.6 Å². The molecule has 166 valence electrons. The van der Waals surface area contributed by atoms with Gasteiger partial charge in [-0.15, -0.1) is 0 Å². The van der Waals surface area contributed by atoms with Gasteiger partial charge in [0.1, 0.15) is 10.7 Å². The van der Waals surface area contributed by atoms with Gasteiger partial charge in [-0.2, -0.15) is 9.61 Å².